The van der Waals surface area contributed by atoms with Gasteiger partial charge >= 0.3 is 0 Å². The number of nitrogens with one attached hydrogen (secondary N) is 2. The minimum absolute atomic E-state index is 0.204. The maximum Gasteiger partial charge on any atom is 0.123 e. The molecular formula is C16H17FN2. The quantitative estimate of drug-likeness (QED) is 0.873. The number of para-hydroxylation sites is 1. The van der Waals surface area contributed by atoms with Gasteiger partial charge in [-0.2, -0.15) is 0 Å². The largest absolute Gasteiger partial charge is 0.385 e. The number of rotatable bonds is 3. The van der Waals surface area contributed by atoms with Gasteiger partial charge in [-0.05, 0) is 48.2 Å². The standard InChI is InChI=1S/C16H17FN2/c17-14-6-8-15(9-7-14)19-11-13-4-1-3-12-5-2-10-18-16(12)13/h1,3-4,6-9,18-19H,2,5,10-11H2. The van der Waals surface area contributed by atoms with E-state index in [1.54, 1.807) is 12.1 Å². The van der Waals surface area contributed by atoms with E-state index in [0.29, 0.717) is 0 Å². The van der Waals surface area contributed by atoms with Crippen molar-refractivity contribution in [1.29, 1.82) is 0 Å². The van der Waals surface area contributed by atoms with Gasteiger partial charge in [0.05, 0.1) is 0 Å². The van der Waals surface area contributed by atoms with Crippen LogP contribution >= 0.6 is 0 Å². The van der Waals surface area contributed by atoms with Crippen LogP contribution in [0.1, 0.15) is 17.5 Å². The van der Waals surface area contributed by atoms with Crippen LogP contribution in [0.15, 0.2) is 42.5 Å². The normalized spacial score (nSPS) is 13.5. The summed E-state index contributed by atoms with van der Waals surface area (Å²) in [5.74, 6) is -0.204. The average molecular weight is 256 g/mol. The van der Waals surface area contributed by atoms with Crippen LogP contribution in [0.25, 0.3) is 0 Å². The van der Waals surface area contributed by atoms with Crippen LogP contribution in [-0.2, 0) is 13.0 Å². The second kappa shape index (κ2) is 5.31. The first-order chi connectivity index (χ1) is 9.33. The number of fused-ring (bicyclic) bond motifs is 1. The van der Waals surface area contributed by atoms with Gasteiger partial charge in [-0.15, -0.1) is 0 Å². The topological polar surface area (TPSA) is 24.1 Å². The number of hydrogen-bond donors (Lipinski definition) is 2. The highest BCUT2D eigenvalue weighted by Crippen LogP contribution is 2.26. The zero-order valence-corrected chi connectivity index (χ0v) is 10.7. The minimum atomic E-state index is -0.204. The molecule has 1 aliphatic heterocycles. The van der Waals surface area contributed by atoms with Crippen molar-refractivity contribution in [2.24, 2.45) is 0 Å². The van der Waals surface area contributed by atoms with Crippen molar-refractivity contribution < 1.29 is 4.39 Å². The van der Waals surface area contributed by atoms with Crippen molar-refractivity contribution in [2.45, 2.75) is 19.4 Å². The molecule has 0 unspecified atom stereocenters. The SMILES string of the molecule is Fc1ccc(NCc2cccc3c2NCCC3)cc1. The highest BCUT2D eigenvalue weighted by molar-refractivity contribution is 5.60. The Bertz CT molecular complexity index is 563. The third-order valence-electron chi connectivity index (χ3n) is 3.49. The molecule has 2 aromatic carbocycles. The fraction of sp³-hybridized carbons (Fsp3) is 0.250. The lowest BCUT2D eigenvalue weighted by atomic mass is 9.99. The molecule has 1 heterocycles. The van der Waals surface area contributed by atoms with Gasteiger partial charge in [-0.3, -0.25) is 0 Å². The third-order valence-corrected chi connectivity index (χ3v) is 3.49. The molecule has 2 nitrogen and oxygen atoms in total. The molecule has 2 N–H and O–H groups in total. The summed E-state index contributed by atoms with van der Waals surface area (Å²) in [4.78, 5) is 0. The Balaban J connectivity index is 1.75. The van der Waals surface area contributed by atoms with E-state index in [0.717, 1.165) is 25.2 Å². The number of hydrogen-bond acceptors (Lipinski definition) is 2. The monoisotopic (exact) mass is 256 g/mol. The van der Waals surface area contributed by atoms with E-state index in [9.17, 15) is 4.39 Å². The van der Waals surface area contributed by atoms with Crippen LogP contribution < -0.4 is 10.6 Å². The first-order valence-corrected chi connectivity index (χ1v) is 6.67. The first kappa shape index (κ1) is 12.0. The van der Waals surface area contributed by atoms with Crippen LogP contribution in [0.4, 0.5) is 15.8 Å². The molecule has 3 rings (SSSR count). The molecule has 0 saturated carbocycles. The molecule has 1 aliphatic rings. The van der Waals surface area contributed by atoms with Crippen LogP contribution in [0.5, 0.6) is 0 Å². The molecule has 0 aliphatic carbocycles. The minimum Gasteiger partial charge on any atom is -0.385 e. The predicted octanol–water partition coefficient (Wildman–Crippen LogP) is 3.80. The molecule has 0 bridgehead atoms. The lowest BCUT2D eigenvalue weighted by Crippen LogP contribution is -2.14. The van der Waals surface area contributed by atoms with Gasteiger partial charge < -0.3 is 10.6 Å². The van der Waals surface area contributed by atoms with Crippen molar-refractivity contribution in [3.05, 3.63) is 59.4 Å². The third kappa shape index (κ3) is 2.70. The summed E-state index contributed by atoms with van der Waals surface area (Å²) >= 11 is 0. The van der Waals surface area contributed by atoms with E-state index in [1.165, 1.54) is 35.4 Å². The lowest BCUT2D eigenvalue weighted by Gasteiger charge is -2.21. The van der Waals surface area contributed by atoms with Crippen LogP contribution in [-0.4, -0.2) is 6.54 Å². The zero-order valence-electron chi connectivity index (χ0n) is 10.7. The number of aryl methyl sites for hydroxylation is 1. The summed E-state index contributed by atoms with van der Waals surface area (Å²) < 4.78 is 12.8. The van der Waals surface area contributed by atoms with Gasteiger partial charge in [0.15, 0.2) is 0 Å². The molecule has 3 heteroatoms. The summed E-state index contributed by atoms with van der Waals surface area (Å²) in [5, 5.41) is 6.81. The van der Waals surface area contributed by atoms with Gasteiger partial charge in [0, 0.05) is 24.5 Å². The van der Waals surface area contributed by atoms with E-state index in [4.69, 9.17) is 0 Å². The fourth-order valence-corrected chi connectivity index (χ4v) is 2.49. The molecule has 0 aromatic heterocycles. The Labute approximate surface area is 112 Å². The van der Waals surface area contributed by atoms with Gasteiger partial charge in [0.2, 0.25) is 0 Å². The molecule has 0 atom stereocenters. The maximum atomic E-state index is 12.8. The fourth-order valence-electron chi connectivity index (χ4n) is 2.49. The molecular weight excluding hydrogens is 239 g/mol. The van der Waals surface area contributed by atoms with Crippen molar-refractivity contribution in [1.82, 2.24) is 0 Å². The first-order valence-electron chi connectivity index (χ1n) is 6.67. The molecule has 0 amide bonds. The summed E-state index contributed by atoms with van der Waals surface area (Å²) in [6.45, 7) is 1.79. The predicted molar refractivity (Wildman–Crippen MR) is 77.0 cm³/mol. The Hall–Kier alpha value is -2.03. The summed E-state index contributed by atoms with van der Waals surface area (Å²) in [6.07, 6.45) is 2.34. The summed E-state index contributed by atoms with van der Waals surface area (Å²) in [6, 6.07) is 12.9. The zero-order chi connectivity index (χ0) is 13.1. The molecule has 0 radical (unpaired) electrons. The summed E-state index contributed by atoms with van der Waals surface area (Å²) in [7, 11) is 0. The van der Waals surface area contributed by atoms with E-state index >= 15 is 0 Å². The summed E-state index contributed by atoms with van der Waals surface area (Å²) in [5.41, 5.74) is 4.87. The van der Waals surface area contributed by atoms with Gasteiger partial charge in [-0.1, -0.05) is 18.2 Å². The Morgan fingerprint density at radius 2 is 1.95 bits per heavy atom. The molecule has 0 fully saturated rings. The second-order valence-electron chi connectivity index (χ2n) is 4.84. The Kier molecular flexibility index (Phi) is 3.36. The molecule has 0 saturated heterocycles. The van der Waals surface area contributed by atoms with E-state index in [-0.39, 0.29) is 5.82 Å². The van der Waals surface area contributed by atoms with Crippen molar-refractivity contribution in [2.75, 3.05) is 17.2 Å². The number of benzene rings is 2. The van der Waals surface area contributed by atoms with Crippen molar-refractivity contribution in [3.63, 3.8) is 0 Å². The van der Waals surface area contributed by atoms with Crippen LogP contribution in [0, 0.1) is 5.82 Å². The Morgan fingerprint density at radius 1 is 1.11 bits per heavy atom. The van der Waals surface area contributed by atoms with Gasteiger partial charge in [-0.25, -0.2) is 4.39 Å². The molecule has 19 heavy (non-hydrogen) atoms. The molecule has 98 valence electrons. The number of anilines is 2. The van der Waals surface area contributed by atoms with E-state index in [1.807, 2.05) is 0 Å². The highest BCUT2D eigenvalue weighted by Gasteiger charge is 2.11. The Morgan fingerprint density at radius 3 is 2.79 bits per heavy atom. The highest BCUT2D eigenvalue weighted by atomic mass is 19.1. The molecule has 0 spiro atoms. The lowest BCUT2D eigenvalue weighted by molar-refractivity contribution is 0.628. The van der Waals surface area contributed by atoms with E-state index < -0.39 is 0 Å². The van der Waals surface area contributed by atoms with Crippen LogP contribution in [0.2, 0.25) is 0 Å². The van der Waals surface area contributed by atoms with Crippen molar-refractivity contribution >= 4 is 11.4 Å². The van der Waals surface area contributed by atoms with Gasteiger partial charge in [0.1, 0.15) is 5.82 Å². The molecule has 2 aromatic rings. The number of halogens is 1. The second-order valence-corrected chi connectivity index (χ2v) is 4.84. The van der Waals surface area contributed by atoms with Gasteiger partial charge in [0.25, 0.3) is 0 Å². The van der Waals surface area contributed by atoms with Crippen molar-refractivity contribution in [3.8, 4) is 0 Å². The maximum absolute atomic E-state index is 12.8. The average Bonchev–Trinajstić information content (AvgIpc) is 2.47. The smallest absolute Gasteiger partial charge is 0.123 e. The van der Waals surface area contributed by atoms with Crippen LogP contribution in [0.3, 0.4) is 0 Å². The van der Waals surface area contributed by atoms with E-state index in [2.05, 4.69) is 28.8 Å².